The highest BCUT2D eigenvalue weighted by molar-refractivity contribution is 9.10. The van der Waals surface area contributed by atoms with Gasteiger partial charge in [0.1, 0.15) is 0 Å². The summed E-state index contributed by atoms with van der Waals surface area (Å²) in [6.07, 6.45) is 0. The molecule has 0 aromatic heterocycles. The highest BCUT2D eigenvalue weighted by Crippen LogP contribution is 2.24. The predicted octanol–water partition coefficient (Wildman–Crippen LogP) is 4.77. The van der Waals surface area contributed by atoms with Crippen LogP contribution in [0.3, 0.4) is 0 Å². The van der Waals surface area contributed by atoms with Crippen LogP contribution in [0.5, 0.6) is 0 Å². The van der Waals surface area contributed by atoms with Crippen LogP contribution in [0.1, 0.15) is 15.9 Å². The normalized spacial score (nSPS) is 10.2. The number of carbonyl (C=O) groups excluding carboxylic acids is 1. The number of amides is 1. The molecular weight excluding hydrogens is 358 g/mol. The second-order valence-electron chi connectivity index (χ2n) is 3.95. The van der Waals surface area contributed by atoms with Crippen LogP contribution < -0.4 is 5.32 Å². The number of hydrogen-bond donors (Lipinski definition) is 1. The molecule has 0 saturated carbocycles. The van der Waals surface area contributed by atoms with E-state index < -0.39 is 0 Å². The number of halogens is 2. The zero-order chi connectivity index (χ0) is 13.1. The first-order valence-corrected chi connectivity index (χ1v) is 6.98. The van der Waals surface area contributed by atoms with Crippen molar-refractivity contribution >= 4 is 43.5 Å². The lowest BCUT2D eigenvalue weighted by Gasteiger charge is -2.08. The predicted molar refractivity (Wildman–Crippen MR) is 81.0 cm³/mol. The van der Waals surface area contributed by atoms with Crippen LogP contribution in [0.25, 0.3) is 0 Å². The molecule has 0 aliphatic rings. The molecule has 0 bridgehead atoms. The van der Waals surface area contributed by atoms with Crippen molar-refractivity contribution in [3.05, 3.63) is 62.5 Å². The molecule has 4 heteroatoms. The lowest BCUT2D eigenvalue weighted by atomic mass is 10.2. The van der Waals surface area contributed by atoms with Gasteiger partial charge in [-0.15, -0.1) is 0 Å². The second kappa shape index (κ2) is 5.67. The Hall–Kier alpha value is -1.13. The Bertz CT molecular complexity index is 596. The molecule has 0 unspecified atom stereocenters. The van der Waals surface area contributed by atoms with Gasteiger partial charge in [-0.2, -0.15) is 0 Å². The molecule has 1 N–H and O–H groups in total. The van der Waals surface area contributed by atoms with E-state index in [0.717, 1.165) is 20.2 Å². The van der Waals surface area contributed by atoms with E-state index in [0.29, 0.717) is 5.56 Å². The second-order valence-corrected chi connectivity index (χ2v) is 5.72. The van der Waals surface area contributed by atoms with Gasteiger partial charge in [0.25, 0.3) is 5.91 Å². The maximum absolute atomic E-state index is 12.1. The Kier molecular flexibility index (Phi) is 4.19. The number of carbonyl (C=O) groups is 1. The maximum atomic E-state index is 12.1. The minimum Gasteiger partial charge on any atom is -0.321 e. The quantitative estimate of drug-likeness (QED) is 0.812. The SMILES string of the molecule is Cc1ccc(NC(=O)c2cccc(Br)c2)c(Br)c1. The van der Waals surface area contributed by atoms with Gasteiger partial charge in [0.05, 0.1) is 5.69 Å². The molecule has 0 fully saturated rings. The van der Waals surface area contributed by atoms with E-state index in [1.165, 1.54) is 0 Å². The van der Waals surface area contributed by atoms with Crippen molar-refractivity contribution in [2.24, 2.45) is 0 Å². The number of hydrogen-bond acceptors (Lipinski definition) is 1. The van der Waals surface area contributed by atoms with Crippen LogP contribution in [-0.2, 0) is 0 Å². The van der Waals surface area contributed by atoms with Crippen molar-refractivity contribution in [3.63, 3.8) is 0 Å². The third-order valence-corrected chi connectivity index (χ3v) is 3.61. The summed E-state index contributed by atoms with van der Waals surface area (Å²) in [7, 11) is 0. The van der Waals surface area contributed by atoms with Crippen molar-refractivity contribution in [1.82, 2.24) is 0 Å². The fourth-order valence-electron chi connectivity index (χ4n) is 1.55. The molecule has 0 saturated heterocycles. The average Bonchev–Trinajstić information content (AvgIpc) is 2.32. The fraction of sp³-hybridized carbons (Fsp3) is 0.0714. The summed E-state index contributed by atoms with van der Waals surface area (Å²) in [5.74, 6) is -0.124. The summed E-state index contributed by atoms with van der Waals surface area (Å²) < 4.78 is 1.77. The first-order chi connectivity index (χ1) is 8.56. The summed E-state index contributed by atoms with van der Waals surface area (Å²) >= 11 is 6.79. The molecule has 18 heavy (non-hydrogen) atoms. The molecule has 2 aromatic carbocycles. The minimum absolute atomic E-state index is 0.124. The molecule has 0 spiro atoms. The lowest BCUT2D eigenvalue weighted by molar-refractivity contribution is 0.102. The number of aryl methyl sites for hydroxylation is 1. The van der Waals surface area contributed by atoms with E-state index >= 15 is 0 Å². The molecule has 1 amide bonds. The largest absolute Gasteiger partial charge is 0.321 e. The standard InChI is InChI=1S/C14H11Br2NO/c1-9-5-6-13(12(16)7-9)17-14(18)10-3-2-4-11(15)8-10/h2-8H,1H3,(H,17,18). The van der Waals surface area contributed by atoms with Crippen molar-refractivity contribution in [3.8, 4) is 0 Å². The van der Waals surface area contributed by atoms with E-state index in [9.17, 15) is 4.79 Å². The number of anilines is 1. The van der Waals surface area contributed by atoms with E-state index in [4.69, 9.17) is 0 Å². The molecule has 0 aliphatic carbocycles. The van der Waals surface area contributed by atoms with Gasteiger partial charge in [-0.3, -0.25) is 4.79 Å². The Morgan fingerprint density at radius 1 is 1.11 bits per heavy atom. The number of benzene rings is 2. The van der Waals surface area contributed by atoms with Gasteiger partial charge in [0, 0.05) is 14.5 Å². The van der Waals surface area contributed by atoms with E-state index in [2.05, 4.69) is 37.2 Å². The Morgan fingerprint density at radius 2 is 1.89 bits per heavy atom. The monoisotopic (exact) mass is 367 g/mol. The molecule has 0 heterocycles. The van der Waals surface area contributed by atoms with E-state index in [1.807, 2.05) is 37.3 Å². The van der Waals surface area contributed by atoms with Crippen LogP contribution in [0.2, 0.25) is 0 Å². The third-order valence-electron chi connectivity index (χ3n) is 2.46. The summed E-state index contributed by atoms with van der Waals surface area (Å²) in [6, 6.07) is 13.1. The highest BCUT2D eigenvalue weighted by Gasteiger charge is 2.08. The van der Waals surface area contributed by atoms with Gasteiger partial charge in [0.15, 0.2) is 0 Å². The Labute approximate surface area is 123 Å². The number of nitrogens with one attached hydrogen (secondary N) is 1. The molecule has 2 rings (SSSR count). The van der Waals surface area contributed by atoms with Crippen LogP contribution in [0.4, 0.5) is 5.69 Å². The fourth-order valence-corrected chi connectivity index (χ4v) is 2.54. The van der Waals surface area contributed by atoms with Gasteiger partial charge in [0.2, 0.25) is 0 Å². The summed E-state index contributed by atoms with van der Waals surface area (Å²) in [6.45, 7) is 2.00. The first-order valence-electron chi connectivity index (χ1n) is 5.39. The molecule has 2 aromatic rings. The molecule has 0 atom stereocenters. The average molecular weight is 369 g/mol. The molecule has 0 radical (unpaired) electrons. The highest BCUT2D eigenvalue weighted by atomic mass is 79.9. The van der Waals surface area contributed by atoms with Gasteiger partial charge >= 0.3 is 0 Å². The number of rotatable bonds is 2. The van der Waals surface area contributed by atoms with Gasteiger partial charge in [-0.1, -0.05) is 28.1 Å². The first kappa shape index (κ1) is 13.3. The van der Waals surface area contributed by atoms with Gasteiger partial charge < -0.3 is 5.32 Å². The van der Waals surface area contributed by atoms with Gasteiger partial charge in [-0.05, 0) is 58.7 Å². The van der Waals surface area contributed by atoms with Crippen LogP contribution in [-0.4, -0.2) is 5.91 Å². The maximum Gasteiger partial charge on any atom is 0.255 e. The molecule has 92 valence electrons. The summed E-state index contributed by atoms with van der Waals surface area (Å²) in [4.78, 5) is 12.1. The van der Waals surface area contributed by atoms with Crippen LogP contribution in [0.15, 0.2) is 51.4 Å². The topological polar surface area (TPSA) is 29.1 Å². The molecular formula is C14H11Br2NO. The smallest absolute Gasteiger partial charge is 0.255 e. The third kappa shape index (κ3) is 3.21. The summed E-state index contributed by atoms with van der Waals surface area (Å²) in [5.41, 5.74) is 2.53. The van der Waals surface area contributed by atoms with E-state index in [-0.39, 0.29) is 5.91 Å². The molecule has 0 aliphatic heterocycles. The molecule has 2 nitrogen and oxygen atoms in total. The van der Waals surface area contributed by atoms with Crippen LogP contribution >= 0.6 is 31.9 Å². The van der Waals surface area contributed by atoms with Crippen molar-refractivity contribution in [2.75, 3.05) is 5.32 Å². The van der Waals surface area contributed by atoms with E-state index in [1.54, 1.807) is 12.1 Å². The Balaban J connectivity index is 2.21. The van der Waals surface area contributed by atoms with Crippen LogP contribution in [0, 0.1) is 6.92 Å². The van der Waals surface area contributed by atoms with Crippen molar-refractivity contribution < 1.29 is 4.79 Å². The zero-order valence-corrected chi connectivity index (χ0v) is 12.9. The van der Waals surface area contributed by atoms with Crippen molar-refractivity contribution in [1.29, 1.82) is 0 Å². The minimum atomic E-state index is -0.124. The Morgan fingerprint density at radius 3 is 2.56 bits per heavy atom. The summed E-state index contributed by atoms with van der Waals surface area (Å²) in [5, 5.41) is 2.87. The lowest BCUT2D eigenvalue weighted by Crippen LogP contribution is -2.12. The van der Waals surface area contributed by atoms with Crippen molar-refractivity contribution in [2.45, 2.75) is 6.92 Å². The van der Waals surface area contributed by atoms with Gasteiger partial charge in [-0.25, -0.2) is 0 Å². The zero-order valence-electron chi connectivity index (χ0n) is 9.71.